The Morgan fingerprint density at radius 1 is 1.05 bits per heavy atom. The third-order valence-corrected chi connectivity index (χ3v) is 7.92. The number of nitrogens with zero attached hydrogens (tertiary/aromatic N) is 3. The van der Waals surface area contributed by atoms with Crippen LogP contribution in [0.15, 0.2) is 42.5 Å². The average Bonchev–Trinajstić information content (AvgIpc) is 3.66. The zero-order chi connectivity index (χ0) is 25.8. The molecular formula is C30H41N3O4. The number of fused-ring (bicyclic) bond motifs is 1. The number of ether oxygens (including phenoxy) is 3. The van der Waals surface area contributed by atoms with Crippen molar-refractivity contribution in [3.63, 3.8) is 0 Å². The molecule has 0 aromatic heterocycles. The van der Waals surface area contributed by atoms with Gasteiger partial charge in [-0.05, 0) is 67.6 Å². The Hall–Kier alpha value is -2.77. The van der Waals surface area contributed by atoms with Crippen LogP contribution in [-0.4, -0.2) is 86.9 Å². The van der Waals surface area contributed by atoms with Crippen LogP contribution in [0.2, 0.25) is 0 Å². The van der Waals surface area contributed by atoms with Crippen LogP contribution in [-0.2, 0) is 0 Å². The number of carbonyl (C=O) groups excluding carboxylic acids is 1. The maximum Gasteiger partial charge on any atom is 0.254 e. The lowest BCUT2D eigenvalue weighted by Crippen LogP contribution is -2.42. The van der Waals surface area contributed by atoms with Gasteiger partial charge < -0.3 is 28.9 Å². The second kappa shape index (κ2) is 11.7. The first-order valence-electron chi connectivity index (χ1n) is 13.8. The van der Waals surface area contributed by atoms with E-state index < -0.39 is 0 Å². The normalized spacial score (nSPS) is 21.6. The molecule has 37 heavy (non-hydrogen) atoms. The Bertz CT molecular complexity index is 1070. The van der Waals surface area contributed by atoms with Gasteiger partial charge >= 0.3 is 0 Å². The molecule has 2 atom stereocenters. The number of rotatable bonds is 10. The molecule has 0 bridgehead atoms. The first-order valence-corrected chi connectivity index (χ1v) is 13.8. The molecule has 0 N–H and O–H groups in total. The Morgan fingerprint density at radius 3 is 2.62 bits per heavy atom. The van der Waals surface area contributed by atoms with E-state index in [0.29, 0.717) is 34.8 Å². The highest BCUT2D eigenvalue weighted by Gasteiger charge is 2.37. The fraction of sp³-hybridized carbons (Fsp3) is 0.567. The van der Waals surface area contributed by atoms with Crippen LogP contribution in [0.5, 0.6) is 17.2 Å². The Labute approximate surface area is 221 Å². The molecule has 0 aliphatic carbocycles. The van der Waals surface area contributed by atoms with Crippen LogP contribution >= 0.6 is 0 Å². The summed E-state index contributed by atoms with van der Waals surface area (Å²) in [4.78, 5) is 21.1. The SMILES string of the molecule is COc1ccccc1C1CN(CC(C)C)CC1CN(CCN1CCCC1)C(=O)c1ccc2c(c1)OCO2. The summed E-state index contributed by atoms with van der Waals surface area (Å²) in [5, 5.41) is 0. The summed E-state index contributed by atoms with van der Waals surface area (Å²) < 4.78 is 16.8. The van der Waals surface area contributed by atoms with Crippen molar-refractivity contribution >= 4 is 5.91 Å². The number of carbonyl (C=O) groups is 1. The molecule has 2 aromatic rings. The maximum atomic E-state index is 13.9. The van der Waals surface area contributed by atoms with Crippen LogP contribution in [0.25, 0.3) is 0 Å². The van der Waals surface area contributed by atoms with Gasteiger partial charge in [-0.1, -0.05) is 32.0 Å². The van der Waals surface area contributed by atoms with Crippen LogP contribution in [0.3, 0.4) is 0 Å². The monoisotopic (exact) mass is 507 g/mol. The fourth-order valence-corrected chi connectivity index (χ4v) is 6.18. The Morgan fingerprint density at radius 2 is 1.84 bits per heavy atom. The lowest BCUT2D eigenvalue weighted by atomic mass is 9.87. The molecule has 0 saturated carbocycles. The van der Waals surface area contributed by atoms with Gasteiger partial charge in [-0.25, -0.2) is 0 Å². The van der Waals surface area contributed by atoms with Crippen molar-refractivity contribution in [3.05, 3.63) is 53.6 Å². The highest BCUT2D eigenvalue weighted by molar-refractivity contribution is 5.95. The predicted molar refractivity (Wildman–Crippen MR) is 145 cm³/mol. The van der Waals surface area contributed by atoms with Crippen molar-refractivity contribution in [2.24, 2.45) is 11.8 Å². The van der Waals surface area contributed by atoms with E-state index in [1.807, 2.05) is 24.3 Å². The first kappa shape index (κ1) is 25.9. The first-order chi connectivity index (χ1) is 18.0. The van der Waals surface area contributed by atoms with Gasteiger partial charge in [0.15, 0.2) is 11.5 Å². The molecule has 1 amide bonds. The molecule has 3 aliphatic heterocycles. The van der Waals surface area contributed by atoms with Gasteiger partial charge in [0.1, 0.15) is 5.75 Å². The molecule has 3 aliphatic rings. The van der Waals surface area contributed by atoms with Crippen molar-refractivity contribution in [3.8, 4) is 17.2 Å². The van der Waals surface area contributed by atoms with Crippen LogP contribution in [0.1, 0.15) is 48.5 Å². The van der Waals surface area contributed by atoms with E-state index in [1.165, 1.54) is 18.4 Å². The van der Waals surface area contributed by atoms with E-state index in [0.717, 1.165) is 58.1 Å². The van der Waals surface area contributed by atoms with Crippen LogP contribution in [0.4, 0.5) is 0 Å². The van der Waals surface area contributed by atoms with Crippen molar-refractivity contribution in [2.45, 2.75) is 32.6 Å². The molecular weight excluding hydrogens is 466 g/mol. The second-order valence-corrected chi connectivity index (χ2v) is 11.1. The van der Waals surface area contributed by atoms with Gasteiger partial charge in [-0.2, -0.15) is 0 Å². The highest BCUT2D eigenvalue weighted by Crippen LogP contribution is 2.39. The molecule has 3 heterocycles. The van der Waals surface area contributed by atoms with E-state index >= 15 is 0 Å². The molecule has 200 valence electrons. The number of para-hydroxylation sites is 1. The quantitative estimate of drug-likeness (QED) is 0.477. The molecule has 2 fully saturated rings. The topological polar surface area (TPSA) is 54.5 Å². The minimum atomic E-state index is 0.0681. The standard InChI is InChI=1S/C30H41N3O4/c1-22(2)17-32-18-24(26(20-32)25-8-4-5-9-27(25)35-3)19-33(15-14-31-12-6-7-13-31)30(34)23-10-11-28-29(16-23)37-21-36-28/h4-5,8-11,16,22,24,26H,6-7,12-15,17-21H2,1-3H3. The van der Waals surface area contributed by atoms with Crippen molar-refractivity contribution in [1.82, 2.24) is 14.7 Å². The Kier molecular flexibility index (Phi) is 8.20. The van der Waals surface area contributed by atoms with Crippen LogP contribution < -0.4 is 14.2 Å². The molecule has 0 spiro atoms. The number of likely N-dealkylation sites (tertiary alicyclic amines) is 2. The summed E-state index contributed by atoms with van der Waals surface area (Å²) in [5.74, 6) is 3.60. The number of benzene rings is 2. The highest BCUT2D eigenvalue weighted by atomic mass is 16.7. The zero-order valence-electron chi connectivity index (χ0n) is 22.5. The molecule has 2 saturated heterocycles. The van der Waals surface area contributed by atoms with Gasteiger partial charge in [0.05, 0.1) is 7.11 Å². The van der Waals surface area contributed by atoms with Crippen molar-refractivity contribution < 1.29 is 19.0 Å². The maximum absolute atomic E-state index is 13.9. The molecule has 0 radical (unpaired) electrons. The Balaban J connectivity index is 1.40. The van der Waals surface area contributed by atoms with E-state index in [1.54, 1.807) is 7.11 Å². The summed E-state index contributed by atoms with van der Waals surface area (Å²) >= 11 is 0. The third kappa shape index (κ3) is 6.04. The average molecular weight is 508 g/mol. The molecule has 7 nitrogen and oxygen atoms in total. The number of hydrogen-bond donors (Lipinski definition) is 0. The van der Waals surface area contributed by atoms with E-state index in [2.05, 4.69) is 46.7 Å². The summed E-state index contributed by atoms with van der Waals surface area (Å²) in [6.07, 6.45) is 2.50. The minimum absolute atomic E-state index is 0.0681. The smallest absolute Gasteiger partial charge is 0.254 e. The van der Waals surface area contributed by atoms with Gasteiger partial charge in [0.2, 0.25) is 6.79 Å². The number of hydrogen-bond acceptors (Lipinski definition) is 6. The summed E-state index contributed by atoms with van der Waals surface area (Å²) in [6, 6.07) is 13.9. The fourth-order valence-electron chi connectivity index (χ4n) is 6.18. The molecule has 2 unspecified atom stereocenters. The molecule has 2 aromatic carbocycles. The minimum Gasteiger partial charge on any atom is -0.496 e. The van der Waals surface area contributed by atoms with Gasteiger partial charge in [0, 0.05) is 50.7 Å². The van der Waals surface area contributed by atoms with E-state index in [-0.39, 0.29) is 12.7 Å². The van der Waals surface area contributed by atoms with E-state index in [9.17, 15) is 4.79 Å². The van der Waals surface area contributed by atoms with Gasteiger partial charge in [0.25, 0.3) is 5.91 Å². The second-order valence-electron chi connectivity index (χ2n) is 11.1. The van der Waals surface area contributed by atoms with Crippen molar-refractivity contribution in [2.75, 3.05) is 66.3 Å². The number of methoxy groups -OCH3 is 1. The van der Waals surface area contributed by atoms with Crippen LogP contribution in [0, 0.1) is 11.8 Å². The van der Waals surface area contributed by atoms with E-state index in [4.69, 9.17) is 14.2 Å². The largest absolute Gasteiger partial charge is 0.496 e. The summed E-state index contributed by atoms with van der Waals surface area (Å²) in [5.41, 5.74) is 1.91. The summed E-state index contributed by atoms with van der Waals surface area (Å²) in [7, 11) is 1.75. The van der Waals surface area contributed by atoms with Gasteiger partial charge in [-0.3, -0.25) is 4.79 Å². The third-order valence-electron chi connectivity index (χ3n) is 7.92. The van der Waals surface area contributed by atoms with Crippen molar-refractivity contribution in [1.29, 1.82) is 0 Å². The van der Waals surface area contributed by atoms with Gasteiger partial charge in [-0.15, -0.1) is 0 Å². The zero-order valence-corrected chi connectivity index (χ0v) is 22.5. The predicted octanol–water partition coefficient (Wildman–Crippen LogP) is 4.33. The summed E-state index contributed by atoms with van der Waals surface area (Å²) in [6.45, 7) is 12.4. The molecule has 5 rings (SSSR count). The lowest BCUT2D eigenvalue weighted by Gasteiger charge is -2.30. The molecule has 7 heteroatoms. The number of amides is 1. The lowest BCUT2D eigenvalue weighted by molar-refractivity contribution is 0.0707.